The summed E-state index contributed by atoms with van der Waals surface area (Å²) in [5.41, 5.74) is 0. The minimum absolute atomic E-state index is 0.0501. The van der Waals surface area contributed by atoms with Gasteiger partial charge in [-0.1, -0.05) is 0 Å². The van der Waals surface area contributed by atoms with Crippen LogP contribution in [0.5, 0.6) is 0 Å². The van der Waals surface area contributed by atoms with Gasteiger partial charge in [0.05, 0.1) is 32.5 Å². The first-order valence-electron chi connectivity index (χ1n) is 4.35. The second kappa shape index (κ2) is 3.30. The first-order valence-corrected chi connectivity index (χ1v) is 4.35. The topological polar surface area (TPSA) is 47.9 Å². The summed E-state index contributed by atoms with van der Waals surface area (Å²) in [4.78, 5) is 0. The van der Waals surface area contributed by atoms with E-state index in [1.165, 1.54) is 0 Å². The molecule has 0 aromatic heterocycles. The molecule has 2 aliphatic heterocycles. The lowest BCUT2D eigenvalue weighted by atomic mass is 10.0. The summed E-state index contributed by atoms with van der Waals surface area (Å²) < 4.78 is 16.3. The van der Waals surface area contributed by atoms with Crippen LogP contribution in [0.2, 0.25) is 0 Å². The van der Waals surface area contributed by atoms with Crippen LogP contribution in [-0.4, -0.2) is 43.4 Å². The van der Waals surface area contributed by atoms with Gasteiger partial charge in [-0.25, -0.2) is 0 Å². The van der Waals surface area contributed by atoms with Crippen molar-refractivity contribution >= 4 is 0 Å². The zero-order valence-electron chi connectivity index (χ0n) is 6.99. The van der Waals surface area contributed by atoms with Crippen LogP contribution in [0.15, 0.2) is 0 Å². The molecule has 70 valence electrons. The normalized spacial score (nSPS) is 34.2. The van der Waals surface area contributed by atoms with E-state index < -0.39 is 5.79 Å². The maximum atomic E-state index is 8.90. The van der Waals surface area contributed by atoms with Crippen LogP contribution in [0.1, 0.15) is 12.8 Å². The van der Waals surface area contributed by atoms with Gasteiger partial charge in [-0.3, -0.25) is 0 Å². The van der Waals surface area contributed by atoms with Crippen LogP contribution in [0.25, 0.3) is 0 Å². The molecule has 2 rings (SSSR count). The molecular formula is C8H14O4. The molecule has 0 amide bonds. The van der Waals surface area contributed by atoms with Crippen molar-refractivity contribution in [1.82, 2.24) is 0 Å². The van der Waals surface area contributed by atoms with Gasteiger partial charge in [0, 0.05) is 12.8 Å². The molecule has 1 atom stereocenters. The van der Waals surface area contributed by atoms with Crippen molar-refractivity contribution in [1.29, 1.82) is 0 Å². The van der Waals surface area contributed by atoms with Crippen LogP contribution < -0.4 is 0 Å². The summed E-state index contributed by atoms with van der Waals surface area (Å²) in [6.45, 7) is 2.00. The molecule has 2 heterocycles. The highest BCUT2D eigenvalue weighted by atomic mass is 16.7. The molecule has 4 nitrogen and oxygen atoms in total. The molecule has 0 aromatic rings. The van der Waals surface area contributed by atoms with Gasteiger partial charge in [-0.2, -0.15) is 0 Å². The van der Waals surface area contributed by atoms with E-state index in [1.54, 1.807) is 0 Å². The first kappa shape index (κ1) is 8.44. The predicted octanol–water partition coefficient (Wildman–Crippen LogP) is -0.0992. The third-order valence-electron chi connectivity index (χ3n) is 2.39. The molecule has 0 bridgehead atoms. The van der Waals surface area contributed by atoms with Crippen molar-refractivity contribution in [3.05, 3.63) is 0 Å². The van der Waals surface area contributed by atoms with Gasteiger partial charge < -0.3 is 19.3 Å². The third-order valence-corrected chi connectivity index (χ3v) is 2.39. The zero-order chi connectivity index (χ0) is 8.44. The van der Waals surface area contributed by atoms with E-state index in [1.807, 2.05) is 0 Å². The Balaban J connectivity index is 1.97. The number of ether oxygens (including phenoxy) is 3. The fraction of sp³-hybridized carbons (Fsp3) is 1.00. The Labute approximate surface area is 71.4 Å². The summed E-state index contributed by atoms with van der Waals surface area (Å²) in [5, 5.41) is 8.90. The van der Waals surface area contributed by atoms with Crippen molar-refractivity contribution < 1.29 is 19.3 Å². The zero-order valence-corrected chi connectivity index (χ0v) is 6.99. The monoisotopic (exact) mass is 174 g/mol. The Kier molecular flexibility index (Phi) is 2.32. The highest BCUT2D eigenvalue weighted by Crippen LogP contribution is 2.32. The second-order valence-electron chi connectivity index (χ2n) is 3.24. The lowest BCUT2D eigenvalue weighted by molar-refractivity contribution is -0.224. The van der Waals surface area contributed by atoms with Gasteiger partial charge in [0.15, 0.2) is 5.79 Å². The predicted molar refractivity (Wildman–Crippen MR) is 40.7 cm³/mol. The molecule has 1 N–H and O–H groups in total. The van der Waals surface area contributed by atoms with Gasteiger partial charge in [-0.15, -0.1) is 0 Å². The van der Waals surface area contributed by atoms with Crippen molar-refractivity contribution in [3.63, 3.8) is 0 Å². The van der Waals surface area contributed by atoms with E-state index in [2.05, 4.69) is 0 Å². The molecular weight excluding hydrogens is 160 g/mol. The van der Waals surface area contributed by atoms with Crippen LogP contribution >= 0.6 is 0 Å². The largest absolute Gasteiger partial charge is 0.394 e. The number of hydrogen-bond acceptors (Lipinski definition) is 4. The Morgan fingerprint density at radius 3 is 2.67 bits per heavy atom. The molecule has 1 spiro atoms. The summed E-state index contributed by atoms with van der Waals surface area (Å²) in [5.74, 6) is -0.439. The van der Waals surface area contributed by atoms with E-state index in [-0.39, 0.29) is 12.7 Å². The van der Waals surface area contributed by atoms with E-state index in [0.29, 0.717) is 26.2 Å². The lowest BCUT2D eigenvalue weighted by Gasteiger charge is -2.35. The van der Waals surface area contributed by atoms with Crippen LogP contribution in [-0.2, 0) is 14.2 Å². The fourth-order valence-electron chi connectivity index (χ4n) is 1.77. The molecule has 0 aliphatic carbocycles. The number of aliphatic hydroxyl groups is 1. The Morgan fingerprint density at radius 2 is 2.00 bits per heavy atom. The molecule has 2 saturated heterocycles. The summed E-state index contributed by atoms with van der Waals surface area (Å²) in [7, 11) is 0. The van der Waals surface area contributed by atoms with Crippen molar-refractivity contribution in [2.75, 3.05) is 26.4 Å². The van der Waals surface area contributed by atoms with Gasteiger partial charge in [0.1, 0.15) is 0 Å². The smallest absolute Gasteiger partial charge is 0.173 e. The van der Waals surface area contributed by atoms with Gasteiger partial charge in [0.25, 0.3) is 0 Å². The molecule has 0 saturated carbocycles. The Hall–Kier alpha value is -0.160. The third kappa shape index (κ3) is 1.47. The molecule has 2 aliphatic rings. The number of hydrogen-bond donors (Lipinski definition) is 1. The number of rotatable bonds is 1. The van der Waals surface area contributed by atoms with Gasteiger partial charge >= 0.3 is 0 Å². The Morgan fingerprint density at radius 1 is 1.25 bits per heavy atom. The van der Waals surface area contributed by atoms with E-state index in [0.717, 1.165) is 6.42 Å². The molecule has 2 fully saturated rings. The summed E-state index contributed by atoms with van der Waals surface area (Å²) in [6, 6.07) is 0. The standard InChI is InChI=1S/C8H14O4/c9-6-7-5-8(1-2-10-7)11-3-4-12-8/h7,9H,1-6H2. The first-order chi connectivity index (χ1) is 5.85. The van der Waals surface area contributed by atoms with Crippen molar-refractivity contribution in [2.45, 2.75) is 24.7 Å². The van der Waals surface area contributed by atoms with E-state index in [9.17, 15) is 0 Å². The number of aliphatic hydroxyl groups excluding tert-OH is 1. The molecule has 0 radical (unpaired) electrons. The summed E-state index contributed by atoms with van der Waals surface area (Å²) >= 11 is 0. The maximum absolute atomic E-state index is 8.90. The SMILES string of the molecule is OCC1CC2(CCO1)OCCO2. The second-order valence-corrected chi connectivity index (χ2v) is 3.24. The van der Waals surface area contributed by atoms with E-state index >= 15 is 0 Å². The quantitative estimate of drug-likeness (QED) is 0.603. The minimum Gasteiger partial charge on any atom is -0.394 e. The molecule has 0 aromatic carbocycles. The van der Waals surface area contributed by atoms with Crippen molar-refractivity contribution in [3.8, 4) is 0 Å². The average molecular weight is 174 g/mol. The molecule has 12 heavy (non-hydrogen) atoms. The lowest BCUT2D eigenvalue weighted by Crippen LogP contribution is -2.43. The average Bonchev–Trinajstić information content (AvgIpc) is 2.53. The minimum atomic E-state index is -0.439. The van der Waals surface area contributed by atoms with Gasteiger partial charge in [0.2, 0.25) is 0 Å². The van der Waals surface area contributed by atoms with Crippen LogP contribution in [0.3, 0.4) is 0 Å². The van der Waals surface area contributed by atoms with E-state index in [4.69, 9.17) is 19.3 Å². The highest BCUT2D eigenvalue weighted by molar-refractivity contribution is 4.82. The summed E-state index contributed by atoms with van der Waals surface area (Å²) in [6.07, 6.45) is 1.32. The van der Waals surface area contributed by atoms with Crippen molar-refractivity contribution in [2.24, 2.45) is 0 Å². The molecule has 4 heteroatoms. The fourth-order valence-corrected chi connectivity index (χ4v) is 1.77. The van der Waals surface area contributed by atoms with Crippen LogP contribution in [0.4, 0.5) is 0 Å². The maximum Gasteiger partial charge on any atom is 0.173 e. The molecule has 1 unspecified atom stereocenters. The van der Waals surface area contributed by atoms with Gasteiger partial charge in [-0.05, 0) is 0 Å². The van der Waals surface area contributed by atoms with Crippen LogP contribution in [0, 0.1) is 0 Å². The Bertz CT molecular complexity index is 153. The highest BCUT2D eigenvalue weighted by Gasteiger charge is 2.41.